The first-order valence-corrected chi connectivity index (χ1v) is 15.1. The van der Waals surface area contributed by atoms with Gasteiger partial charge >= 0.3 is 35.9 Å². The third-order valence-electron chi connectivity index (χ3n) is 7.65. The van der Waals surface area contributed by atoms with Gasteiger partial charge in [-0.1, -0.05) is 48.5 Å². The molecule has 2 aromatic carbocycles. The fourth-order valence-corrected chi connectivity index (χ4v) is 5.74. The molecule has 1 aliphatic heterocycles. The van der Waals surface area contributed by atoms with Crippen LogP contribution in [0.1, 0.15) is 51.7 Å². The summed E-state index contributed by atoms with van der Waals surface area (Å²) in [6, 6.07) is 13.7. The normalized spacial score (nSPS) is 22.6. The number of ether oxygens (including phenoxy) is 7. The topological polar surface area (TPSA) is 199 Å². The summed E-state index contributed by atoms with van der Waals surface area (Å²) in [6.07, 6.45) is -9.95. The fourth-order valence-electron chi connectivity index (χ4n) is 5.74. The zero-order chi connectivity index (χ0) is 35.1. The van der Waals surface area contributed by atoms with E-state index in [0.29, 0.717) is 0 Å². The lowest BCUT2D eigenvalue weighted by Crippen LogP contribution is -2.64. The van der Waals surface area contributed by atoms with E-state index < -0.39 is 85.4 Å². The van der Waals surface area contributed by atoms with Gasteiger partial charge in [0.2, 0.25) is 0 Å². The molecule has 0 radical (unpaired) electrons. The van der Waals surface area contributed by atoms with Gasteiger partial charge in [-0.25, -0.2) is 9.59 Å². The second-order valence-corrected chi connectivity index (χ2v) is 11.2. The Labute approximate surface area is 275 Å². The largest absolute Gasteiger partial charge is 0.480 e. The van der Waals surface area contributed by atoms with Crippen molar-refractivity contribution in [2.24, 2.45) is 0 Å². The maximum Gasteiger partial charge on any atom is 0.407 e. The number of amides is 1. The maximum absolute atomic E-state index is 13.0. The van der Waals surface area contributed by atoms with Crippen molar-refractivity contribution in [2.45, 2.75) is 83.4 Å². The zero-order valence-corrected chi connectivity index (χ0v) is 26.9. The van der Waals surface area contributed by atoms with E-state index in [1.807, 2.05) is 48.5 Å². The summed E-state index contributed by atoms with van der Waals surface area (Å²) in [5.41, 5.74) is 3.94. The number of nitrogens with one attached hydrogen (secondary N) is 1. The number of carboxylic acids is 1. The van der Waals surface area contributed by atoms with E-state index in [2.05, 4.69) is 5.32 Å². The number of carbonyl (C=O) groups is 6. The molecule has 1 saturated heterocycles. The number of carboxylic acid groups (broad SMARTS) is 1. The Morgan fingerprint density at radius 2 is 1.25 bits per heavy atom. The van der Waals surface area contributed by atoms with Crippen LogP contribution >= 0.6 is 0 Å². The number of hydrogen-bond donors (Lipinski definition) is 2. The van der Waals surface area contributed by atoms with E-state index >= 15 is 0 Å². The van der Waals surface area contributed by atoms with Gasteiger partial charge < -0.3 is 43.6 Å². The molecule has 1 aliphatic carbocycles. The number of benzene rings is 2. The standard InChI is InChI=1S/C33H37NO14/c1-16(27(31(39)40)34-33(41)43-14-25-23-12-8-6-10-21(23)22-11-7-9-13-24(22)25)44-32-30(47-20(5)38)29(46-19(4)37)28(45-18(3)36)26(48-32)15-42-17(2)35/h6-13,16,25-30,32H,14-15H2,1-5H3,(H,34,41)(H,39,40)/t16-,26-,27+,28+,29+,30-,32-/m1/s1. The quantitative estimate of drug-likeness (QED) is 0.246. The van der Waals surface area contributed by atoms with Gasteiger partial charge in [-0.3, -0.25) is 19.2 Å². The van der Waals surface area contributed by atoms with Crippen molar-refractivity contribution in [3.8, 4) is 11.1 Å². The summed E-state index contributed by atoms with van der Waals surface area (Å²) in [5.74, 6) is -5.03. The van der Waals surface area contributed by atoms with E-state index in [1.165, 1.54) is 6.92 Å². The van der Waals surface area contributed by atoms with Crippen LogP contribution in [0.3, 0.4) is 0 Å². The lowest BCUT2D eigenvalue weighted by Gasteiger charge is -2.44. The van der Waals surface area contributed by atoms with Crippen LogP contribution in [0.5, 0.6) is 0 Å². The Hall–Kier alpha value is -5.02. The van der Waals surface area contributed by atoms with Gasteiger partial charge in [0, 0.05) is 33.6 Å². The molecule has 1 amide bonds. The van der Waals surface area contributed by atoms with Gasteiger partial charge in [-0.05, 0) is 29.2 Å². The first-order valence-electron chi connectivity index (χ1n) is 15.1. The van der Waals surface area contributed by atoms with Gasteiger partial charge in [0.25, 0.3) is 0 Å². The molecular weight excluding hydrogens is 634 g/mol. The van der Waals surface area contributed by atoms with Crippen molar-refractivity contribution < 1.29 is 67.0 Å². The van der Waals surface area contributed by atoms with Crippen molar-refractivity contribution in [3.05, 3.63) is 59.7 Å². The smallest absolute Gasteiger partial charge is 0.407 e. The van der Waals surface area contributed by atoms with E-state index in [-0.39, 0.29) is 12.5 Å². The van der Waals surface area contributed by atoms with Crippen LogP contribution in [0, 0.1) is 0 Å². The molecule has 0 saturated carbocycles. The summed E-state index contributed by atoms with van der Waals surface area (Å²) in [7, 11) is 0. The molecule has 0 bridgehead atoms. The van der Waals surface area contributed by atoms with Crippen LogP contribution < -0.4 is 5.32 Å². The van der Waals surface area contributed by atoms with Crippen molar-refractivity contribution in [1.82, 2.24) is 5.32 Å². The van der Waals surface area contributed by atoms with Crippen LogP contribution in [0.4, 0.5) is 4.79 Å². The van der Waals surface area contributed by atoms with Crippen molar-refractivity contribution >= 4 is 35.9 Å². The minimum atomic E-state index is -1.72. The highest BCUT2D eigenvalue weighted by molar-refractivity contribution is 5.81. The minimum absolute atomic E-state index is 0.0822. The summed E-state index contributed by atoms with van der Waals surface area (Å²) < 4.78 is 38.3. The first-order chi connectivity index (χ1) is 22.8. The minimum Gasteiger partial charge on any atom is -0.480 e. The van der Waals surface area contributed by atoms with Gasteiger partial charge in [0.1, 0.15) is 19.3 Å². The third-order valence-corrected chi connectivity index (χ3v) is 7.65. The van der Waals surface area contributed by atoms with Gasteiger partial charge in [-0.2, -0.15) is 0 Å². The molecule has 1 heterocycles. The Balaban J connectivity index is 1.52. The van der Waals surface area contributed by atoms with Crippen molar-refractivity contribution in [3.63, 3.8) is 0 Å². The molecule has 2 aromatic rings. The molecule has 1 fully saturated rings. The monoisotopic (exact) mass is 671 g/mol. The summed E-state index contributed by atoms with van der Waals surface area (Å²) in [4.78, 5) is 73.0. The van der Waals surface area contributed by atoms with Gasteiger partial charge in [0.05, 0.1) is 6.10 Å². The molecule has 48 heavy (non-hydrogen) atoms. The summed E-state index contributed by atoms with van der Waals surface area (Å²) >= 11 is 0. The molecule has 2 N–H and O–H groups in total. The Morgan fingerprint density at radius 3 is 1.77 bits per heavy atom. The first kappa shape index (κ1) is 35.8. The zero-order valence-electron chi connectivity index (χ0n) is 26.9. The number of alkyl carbamates (subject to hydrolysis) is 1. The lowest BCUT2D eigenvalue weighted by atomic mass is 9.98. The van der Waals surface area contributed by atoms with Crippen LogP contribution in [-0.4, -0.2) is 97.1 Å². The maximum atomic E-state index is 13.0. The lowest BCUT2D eigenvalue weighted by molar-refractivity contribution is -0.316. The number of aliphatic carboxylic acids is 1. The van der Waals surface area contributed by atoms with E-state index in [4.69, 9.17) is 33.2 Å². The molecule has 15 heteroatoms. The molecule has 0 spiro atoms. The van der Waals surface area contributed by atoms with Crippen LogP contribution in [0.2, 0.25) is 0 Å². The number of carbonyl (C=O) groups excluding carboxylic acids is 5. The Kier molecular flexibility index (Phi) is 11.7. The highest BCUT2D eigenvalue weighted by atomic mass is 16.7. The average Bonchev–Trinajstić information content (AvgIpc) is 3.33. The Morgan fingerprint density at radius 1 is 0.729 bits per heavy atom. The van der Waals surface area contributed by atoms with E-state index in [9.17, 15) is 33.9 Å². The average molecular weight is 672 g/mol. The number of rotatable bonds is 12. The third kappa shape index (κ3) is 8.66. The molecule has 4 rings (SSSR count). The SMILES string of the molecule is CC(=O)OC[C@H]1O[C@@H](O[C@H](C)[C@H](NC(=O)OCC2c3ccccc3-c3ccccc32)C(=O)O)[C@H](OC(C)=O)[C@@H](OC(C)=O)[C@H]1OC(C)=O. The highest BCUT2D eigenvalue weighted by Crippen LogP contribution is 2.44. The highest BCUT2D eigenvalue weighted by Gasteiger charge is 2.53. The summed E-state index contributed by atoms with van der Waals surface area (Å²) in [6.45, 7) is 5.02. The number of fused-ring (bicyclic) bond motifs is 3. The second-order valence-electron chi connectivity index (χ2n) is 11.2. The molecule has 258 valence electrons. The number of esters is 4. The second kappa shape index (κ2) is 15.7. The number of hydrogen-bond acceptors (Lipinski definition) is 13. The fraction of sp³-hybridized carbons (Fsp3) is 0.455. The summed E-state index contributed by atoms with van der Waals surface area (Å²) in [5, 5.41) is 12.3. The van der Waals surface area contributed by atoms with Crippen molar-refractivity contribution in [2.75, 3.05) is 13.2 Å². The predicted molar refractivity (Wildman–Crippen MR) is 162 cm³/mol. The van der Waals surface area contributed by atoms with E-state index in [0.717, 1.165) is 49.9 Å². The van der Waals surface area contributed by atoms with Gasteiger partial charge in [0.15, 0.2) is 30.6 Å². The molecule has 15 nitrogen and oxygen atoms in total. The van der Waals surface area contributed by atoms with Crippen LogP contribution in [0.15, 0.2) is 48.5 Å². The van der Waals surface area contributed by atoms with Crippen LogP contribution in [0.25, 0.3) is 11.1 Å². The van der Waals surface area contributed by atoms with Crippen LogP contribution in [-0.2, 0) is 57.1 Å². The predicted octanol–water partition coefficient (Wildman–Crippen LogP) is 2.47. The van der Waals surface area contributed by atoms with E-state index in [1.54, 1.807) is 0 Å². The molecule has 2 aliphatic rings. The Bertz CT molecular complexity index is 1500. The molecule has 0 unspecified atom stereocenters. The van der Waals surface area contributed by atoms with Gasteiger partial charge in [-0.15, -0.1) is 0 Å². The molecule has 7 atom stereocenters. The van der Waals surface area contributed by atoms with Crippen molar-refractivity contribution in [1.29, 1.82) is 0 Å². The molecular formula is C33H37NO14. The molecule has 0 aromatic heterocycles.